The summed E-state index contributed by atoms with van der Waals surface area (Å²) in [6, 6.07) is 7.82. The lowest BCUT2D eigenvalue weighted by Crippen LogP contribution is -2.42. The zero-order chi connectivity index (χ0) is 16.9. The van der Waals surface area contributed by atoms with E-state index < -0.39 is 0 Å². The minimum absolute atomic E-state index is 0.0190. The Morgan fingerprint density at radius 3 is 2.88 bits per heavy atom. The Balaban J connectivity index is 1.63. The SMILES string of the molecule is O=C(Cc1ccccc1F)N[C@@H]1CN(c2ccncn2)C[C@H]1CO. The van der Waals surface area contributed by atoms with Gasteiger partial charge in [0.05, 0.1) is 12.5 Å². The van der Waals surface area contributed by atoms with E-state index in [1.807, 2.05) is 4.90 Å². The Bertz CT molecular complexity index is 698. The minimum atomic E-state index is -0.389. The van der Waals surface area contributed by atoms with Crippen LogP contribution >= 0.6 is 0 Å². The van der Waals surface area contributed by atoms with Crippen LogP contribution in [0.5, 0.6) is 0 Å². The van der Waals surface area contributed by atoms with Crippen LogP contribution in [0.25, 0.3) is 0 Å². The number of nitrogens with one attached hydrogen (secondary N) is 1. The van der Waals surface area contributed by atoms with Gasteiger partial charge in [-0.1, -0.05) is 18.2 Å². The first-order valence-corrected chi connectivity index (χ1v) is 7.82. The molecule has 3 rings (SSSR count). The number of rotatable bonds is 5. The van der Waals surface area contributed by atoms with Crippen molar-refractivity contribution in [2.24, 2.45) is 5.92 Å². The smallest absolute Gasteiger partial charge is 0.224 e. The number of anilines is 1. The van der Waals surface area contributed by atoms with E-state index in [-0.39, 0.29) is 36.7 Å². The molecule has 1 fully saturated rings. The average molecular weight is 330 g/mol. The second-order valence-corrected chi connectivity index (χ2v) is 5.86. The normalized spacial score (nSPS) is 20.2. The van der Waals surface area contributed by atoms with E-state index in [2.05, 4.69) is 15.3 Å². The van der Waals surface area contributed by atoms with Gasteiger partial charge in [-0.15, -0.1) is 0 Å². The number of carbonyl (C=O) groups excluding carboxylic acids is 1. The summed E-state index contributed by atoms with van der Waals surface area (Å²) >= 11 is 0. The summed E-state index contributed by atoms with van der Waals surface area (Å²) in [5.41, 5.74) is 0.362. The second kappa shape index (κ2) is 7.35. The van der Waals surface area contributed by atoms with Crippen LogP contribution in [-0.4, -0.2) is 46.7 Å². The van der Waals surface area contributed by atoms with Gasteiger partial charge in [-0.3, -0.25) is 4.79 Å². The molecular formula is C17H19FN4O2. The van der Waals surface area contributed by atoms with Gasteiger partial charge in [0.2, 0.25) is 5.91 Å². The molecule has 2 N–H and O–H groups in total. The Morgan fingerprint density at radius 1 is 1.33 bits per heavy atom. The van der Waals surface area contributed by atoms with Crippen LogP contribution in [0.2, 0.25) is 0 Å². The minimum Gasteiger partial charge on any atom is -0.396 e. The van der Waals surface area contributed by atoms with Gasteiger partial charge < -0.3 is 15.3 Å². The highest BCUT2D eigenvalue weighted by Gasteiger charge is 2.34. The molecule has 0 aliphatic carbocycles. The molecule has 0 radical (unpaired) electrons. The molecule has 24 heavy (non-hydrogen) atoms. The summed E-state index contributed by atoms with van der Waals surface area (Å²) < 4.78 is 13.6. The van der Waals surface area contributed by atoms with Crippen LogP contribution in [0.4, 0.5) is 10.2 Å². The molecule has 1 aliphatic rings. The van der Waals surface area contributed by atoms with Gasteiger partial charge >= 0.3 is 0 Å². The highest BCUT2D eigenvalue weighted by molar-refractivity contribution is 5.79. The molecule has 126 valence electrons. The van der Waals surface area contributed by atoms with Crippen molar-refractivity contribution < 1.29 is 14.3 Å². The molecule has 7 heteroatoms. The van der Waals surface area contributed by atoms with Crippen LogP contribution in [-0.2, 0) is 11.2 Å². The fraction of sp³-hybridized carbons (Fsp3) is 0.353. The number of hydrogen-bond donors (Lipinski definition) is 2. The molecule has 1 saturated heterocycles. The fourth-order valence-electron chi connectivity index (χ4n) is 2.95. The third-order valence-electron chi connectivity index (χ3n) is 4.22. The highest BCUT2D eigenvalue weighted by atomic mass is 19.1. The maximum absolute atomic E-state index is 13.6. The van der Waals surface area contributed by atoms with Crippen LogP contribution in [0.15, 0.2) is 42.9 Å². The Morgan fingerprint density at radius 2 is 2.17 bits per heavy atom. The zero-order valence-electron chi connectivity index (χ0n) is 13.1. The summed E-state index contributed by atoms with van der Waals surface area (Å²) in [6.07, 6.45) is 3.10. The van der Waals surface area contributed by atoms with Gasteiger partial charge in [0.25, 0.3) is 0 Å². The zero-order valence-corrected chi connectivity index (χ0v) is 13.1. The number of halogens is 1. The largest absolute Gasteiger partial charge is 0.396 e. The molecule has 0 bridgehead atoms. The van der Waals surface area contributed by atoms with Crippen LogP contribution in [0.3, 0.4) is 0 Å². The van der Waals surface area contributed by atoms with Gasteiger partial charge in [-0.05, 0) is 17.7 Å². The fourth-order valence-corrected chi connectivity index (χ4v) is 2.95. The molecule has 1 aromatic carbocycles. The van der Waals surface area contributed by atoms with Gasteiger partial charge in [-0.25, -0.2) is 14.4 Å². The summed E-state index contributed by atoms with van der Waals surface area (Å²) in [6.45, 7) is 1.11. The monoisotopic (exact) mass is 330 g/mol. The molecule has 1 aliphatic heterocycles. The van der Waals surface area contributed by atoms with E-state index in [1.54, 1.807) is 30.5 Å². The van der Waals surface area contributed by atoms with Crippen LogP contribution < -0.4 is 10.2 Å². The van der Waals surface area contributed by atoms with E-state index in [4.69, 9.17) is 0 Å². The first kappa shape index (κ1) is 16.3. The van der Waals surface area contributed by atoms with E-state index >= 15 is 0 Å². The van der Waals surface area contributed by atoms with Crippen molar-refractivity contribution in [1.82, 2.24) is 15.3 Å². The van der Waals surface area contributed by atoms with E-state index in [1.165, 1.54) is 12.4 Å². The number of hydrogen-bond acceptors (Lipinski definition) is 5. The number of amides is 1. The summed E-state index contributed by atoms with van der Waals surface area (Å²) in [4.78, 5) is 22.3. The second-order valence-electron chi connectivity index (χ2n) is 5.86. The lowest BCUT2D eigenvalue weighted by atomic mass is 10.0. The van der Waals surface area contributed by atoms with Crippen molar-refractivity contribution in [3.8, 4) is 0 Å². The van der Waals surface area contributed by atoms with Crippen molar-refractivity contribution in [3.63, 3.8) is 0 Å². The Kier molecular flexibility index (Phi) is 5.00. The van der Waals surface area contributed by atoms with Crippen molar-refractivity contribution in [1.29, 1.82) is 0 Å². The first-order valence-electron chi connectivity index (χ1n) is 7.82. The standard InChI is InChI=1S/C17H19FN4O2/c18-14-4-2-1-3-12(14)7-17(24)21-15-9-22(8-13(15)10-23)16-5-6-19-11-20-16/h1-6,11,13,15,23H,7-10H2,(H,21,24)/t13-,15+/m0/s1. The third kappa shape index (κ3) is 3.68. The molecule has 1 aromatic heterocycles. The molecule has 2 atom stereocenters. The molecular weight excluding hydrogens is 311 g/mol. The average Bonchev–Trinajstić information content (AvgIpc) is 3.00. The summed E-state index contributed by atoms with van der Waals surface area (Å²) in [5.74, 6) is 0.0207. The third-order valence-corrected chi connectivity index (χ3v) is 4.22. The first-order chi connectivity index (χ1) is 11.7. The molecule has 2 aromatic rings. The predicted octanol–water partition coefficient (Wildman–Crippen LogP) is 0.772. The topological polar surface area (TPSA) is 78.4 Å². The van der Waals surface area contributed by atoms with Gasteiger partial charge in [0, 0.05) is 31.8 Å². The van der Waals surface area contributed by atoms with Gasteiger partial charge in [0.1, 0.15) is 18.0 Å². The van der Waals surface area contributed by atoms with E-state index in [0.717, 1.165) is 5.82 Å². The maximum Gasteiger partial charge on any atom is 0.224 e. The van der Waals surface area contributed by atoms with E-state index in [9.17, 15) is 14.3 Å². The molecule has 1 amide bonds. The highest BCUT2D eigenvalue weighted by Crippen LogP contribution is 2.22. The number of aliphatic hydroxyl groups excluding tert-OH is 1. The van der Waals surface area contributed by atoms with Crippen LogP contribution in [0, 0.1) is 11.7 Å². The van der Waals surface area contributed by atoms with Crippen molar-refractivity contribution >= 4 is 11.7 Å². The Hall–Kier alpha value is -2.54. The number of benzene rings is 1. The lowest BCUT2D eigenvalue weighted by Gasteiger charge is -2.18. The molecule has 0 saturated carbocycles. The molecule has 0 unspecified atom stereocenters. The Labute approximate surface area is 139 Å². The van der Waals surface area contributed by atoms with Gasteiger partial charge in [-0.2, -0.15) is 0 Å². The maximum atomic E-state index is 13.6. The summed E-state index contributed by atoms with van der Waals surface area (Å²) in [5, 5.41) is 12.5. The van der Waals surface area contributed by atoms with Crippen LogP contribution in [0.1, 0.15) is 5.56 Å². The number of nitrogens with zero attached hydrogens (tertiary/aromatic N) is 3. The summed E-state index contributed by atoms with van der Waals surface area (Å²) in [7, 11) is 0. The molecule has 2 heterocycles. The number of aliphatic hydroxyl groups is 1. The predicted molar refractivity (Wildman–Crippen MR) is 86.9 cm³/mol. The lowest BCUT2D eigenvalue weighted by molar-refractivity contribution is -0.121. The van der Waals surface area contributed by atoms with Crippen molar-refractivity contribution in [2.45, 2.75) is 12.5 Å². The van der Waals surface area contributed by atoms with E-state index in [0.29, 0.717) is 18.7 Å². The number of aromatic nitrogens is 2. The van der Waals surface area contributed by atoms with Crippen molar-refractivity contribution in [2.75, 3.05) is 24.6 Å². The molecule has 6 nitrogen and oxygen atoms in total. The van der Waals surface area contributed by atoms with Gasteiger partial charge in [0.15, 0.2) is 0 Å². The number of carbonyl (C=O) groups is 1. The quantitative estimate of drug-likeness (QED) is 0.847. The van der Waals surface area contributed by atoms with Crippen molar-refractivity contribution in [3.05, 3.63) is 54.2 Å². The molecule has 0 spiro atoms.